The fourth-order valence-electron chi connectivity index (χ4n) is 1.29. The molecule has 0 aliphatic heterocycles. The molecule has 5 nitrogen and oxygen atoms in total. The van der Waals surface area contributed by atoms with Gasteiger partial charge >= 0.3 is 0 Å². The standard InChI is InChI=1S/C11H19N3O2S/c1-3-12-10-6-5-7-11(14-10)13-8-9-17(15,16)4-2/h5-7H,3-4,8-9H2,1-2H3,(H2,12,13,14). The Morgan fingerprint density at radius 2 is 1.82 bits per heavy atom. The van der Waals surface area contributed by atoms with E-state index in [-0.39, 0.29) is 11.5 Å². The Labute approximate surface area is 103 Å². The molecule has 17 heavy (non-hydrogen) atoms. The highest BCUT2D eigenvalue weighted by molar-refractivity contribution is 7.91. The zero-order valence-electron chi connectivity index (χ0n) is 10.2. The summed E-state index contributed by atoms with van der Waals surface area (Å²) < 4.78 is 22.6. The van der Waals surface area contributed by atoms with Crippen molar-refractivity contribution in [3.8, 4) is 0 Å². The molecule has 0 amide bonds. The van der Waals surface area contributed by atoms with Crippen LogP contribution in [0.5, 0.6) is 0 Å². The van der Waals surface area contributed by atoms with Gasteiger partial charge in [-0.3, -0.25) is 0 Å². The van der Waals surface area contributed by atoms with Gasteiger partial charge in [-0.1, -0.05) is 13.0 Å². The quantitative estimate of drug-likeness (QED) is 0.771. The Balaban J connectivity index is 2.49. The SMILES string of the molecule is CCNc1cccc(NCCS(=O)(=O)CC)n1. The van der Waals surface area contributed by atoms with E-state index in [2.05, 4.69) is 15.6 Å². The molecular formula is C11H19N3O2S. The predicted octanol–water partition coefficient (Wildman–Crippen LogP) is 1.36. The maximum absolute atomic E-state index is 11.3. The molecule has 1 heterocycles. The summed E-state index contributed by atoms with van der Waals surface area (Å²) in [7, 11) is -2.92. The molecule has 2 N–H and O–H groups in total. The highest BCUT2D eigenvalue weighted by Gasteiger charge is 2.06. The van der Waals surface area contributed by atoms with Crippen molar-refractivity contribution in [2.75, 3.05) is 35.2 Å². The Morgan fingerprint density at radius 1 is 1.18 bits per heavy atom. The van der Waals surface area contributed by atoms with Crippen LogP contribution in [0.25, 0.3) is 0 Å². The van der Waals surface area contributed by atoms with E-state index < -0.39 is 9.84 Å². The molecule has 0 aliphatic carbocycles. The normalized spacial score (nSPS) is 11.2. The summed E-state index contributed by atoms with van der Waals surface area (Å²) in [5.41, 5.74) is 0. The zero-order chi connectivity index (χ0) is 12.7. The molecule has 0 radical (unpaired) electrons. The fourth-order valence-corrected chi connectivity index (χ4v) is 1.99. The monoisotopic (exact) mass is 257 g/mol. The summed E-state index contributed by atoms with van der Waals surface area (Å²) >= 11 is 0. The number of hydrogen-bond acceptors (Lipinski definition) is 5. The van der Waals surface area contributed by atoms with Crippen molar-refractivity contribution < 1.29 is 8.42 Å². The van der Waals surface area contributed by atoms with Crippen LogP contribution >= 0.6 is 0 Å². The van der Waals surface area contributed by atoms with Crippen LogP contribution in [-0.4, -0.2) is 38.0 Å². The third-order valence-corrected chi connectivity index (χ3v) is 3.97. The maximum Gasteiger partial charge on any atom is 0.151 e. The number of aromatic nitrogens is 1. The van der Waals surface area contributed by atoms with Gasteiger partial charge in [0.1, 0.15) is 11.6 Å². The largest absolute Gasteiger partial charge is 0.370 e. The van der Waals surface area contributed by atoms with Gasteiger partial charge in [0, 0.05) is 18.8 Å². The third-order valence-electron chi connectivity index (χ3n) is 2.27. The van der Waals surface area contributed by atoms with Gasteiger partial charge in [0.25, 0.3) is 0 Å². The Bertz CT molecular complexity index is 446. The van der Waals surface area contributed by atoms with Gasteiger partial charge in [0.2, 0.25) is 0 Å². The molecule has 1 aromatic heterocycles. The lowest BCUT2D eigenvalue weighted by atomic mass is 10.4. The lowest BCUT2D eigenvalue weighted by Gasteiger charge is -2.07. The summed E-state index contributed by atoms with van der Waals surface area (Å²) in [6, 6.07) is 5.57. The maximum atomic E-state index is 11.3. The van der Waals surface area contributed by atoms with E-state index in [1.54, 1.807) is 6.92 Å². The molecule has 0 saturated carbocycles. The molecule has 1 rings (SSSR count). The second-order valence-corrected chi connectivity index (χ2v) is 6.07. The van der Waals surface area contributed by atoms with Gasteiger partial charge in [-0.2, -0.15) is 0 Å². The van der Waals surface area contributed by atoms with Gasteiger partial charge in [0.15, 0.2) is 9.84 Å². The zero-order valence-corrected chi connectivity index (χ0v) is 11.0. The van der Waals surface area contributed by atoms with E-state index in [1.807, 2.05) is 25.1 Å². The van der Waals surface area contributed by atoms with E-state index in [1.165, 1.54) is 0 Å². The predicted molar refractivity (Wildman–Crippen MR) is 71.2 cm³/mol. The van der Waals surface area contributed by atoms with Gasteiger partial charge in [0.05, 0.1) is 5.75 Å². The number of pyridine rings is 1. The van der Waals surface area contributed by atoms with E-state index in [4.69, 9.17) is 0 Å². The summed E-state index contributed by atoms with van der Waals surface area (Å²) in [5.74, 6) is 1.79. The number of nitrogens with zero attached hydrogens (tertiary/aromatic N) is 1. The van der Waals surface area contributed by atoms with Crippen molar-refractivity contribution in [3.05, 3.63) is 18.2 Å². The second-order valence-electron chi connectivity index (χ2n) is 3.60. The van der Waals surface area contributed by atoms with Crippen LogP contribution in [0.2, 0.25) is 0 Å². The lowest BCUT2D eigenvalue weighted by molar-refractivity contribution is 0.597. The molecule has 0 bridgehead atoms. The van der Waals surface area contributed by atoms with Crippen LogP contribution in [0.15, 0.2) is 18.2 Å². The second kappa shape index (κ2) is 6.44. The van der Waals surface area contributed by atoms with E-state index in [0.29, 0.717) is 12.4 Å². The molecule has 0 unspecified atom stereocenters. The first kappa shape index (κ1) is 13.8. The summed E-state index contributed by atoms with van der Waals surface area (Å²) in [5, 5.41) is 6.10. The van der Waals surface area contributed by atoms with Crippen molar-refractivity contribution in [1.82, 2.24) is 4.98 Å². The van der Waals surface area contributed by atoms with E-state index >= 15 is 0 Å². The topological polar surface area (TPSA) is 71.1 Å². The minimum Gasteiger partial charge on any atom is -0.370 e. The average molecular weight is 257 g/mol. The number of nitrogens with one attached hydrogen (secondary N) is 2. The molecule has 0 saturated heterocycles. The highest BCUT2D eigenvalue weighted by Crippen LogP contribution is 2.08. The van der Waals surface area contributed by atoms with Gasteiger partial charge in [-0.05, 0) is 19.1 Å². The van der Waals surface area contributed by atoms with Crippen molar-refractivity contribution in [3.63, 3.8) is 0 Å². The van der Waals surface area contributed by atoms with Crippen molar-refractivity contribution >= 4 is 21.5 Å². The molecule has 0 aliphatic rings. The van der Waals surface area contributed by atoms with Crippen LogP contribution in [0.1, 0.15) is 13.8 Å². The van der Waals surface area contributed by atoms with E-state index in [0.717, 1.165) is 12.4 Å². The van der Waals surface area contributed by atoms with Crippen molar-refractivity contribution in [2.45, 2.75) is 13.8 Å². The minimum absolute atomic E-state index is 0.136. The first-order valence-electron chi connectivity index (χ1n) is 5.72. The van der Waals surface area contributed by atoms with Gasteiger partial charge in [-0.15, -0.1) is 0 Å². The molecule has 0 fully saturated rings. The Hall–Kier alpha value is -1.30. The van der Waals surface area contributed by atoms with Crippen LogP contribution in [0, 0.1) is 0 Å². The molecule has 1 aromatic rings. The van der Waals surface area contributed by atoms with Crippen LogP contribution in [-0.2, 0) is 9.84 Å². The smallest absolute Gasteiger partial charge is 0.151 e. The first-order valence-corrected chi connectivity index (χ1v) is 7.54. The molecule has 6 heteroatoms. The summed E-state index contributed by atoms with van der Waals surface area (Å²) in [4.78, 5) is 4.29. The first-order chi connectivity index (χ1) is 8.07. The van der Waals surface area contributed by atoms with Crippen molar-refractivity contribution in [2.24, 2.45) is 0 Å². The average Bonchev–Trinajstić information content (AvgIpc) is 2.30. The number of hydrogen-bond donors (Lipinski definition) is 2. The molecule has 96 valence electrons. The highest BCUT2D eigenvalue weighted by atomic mass is 32.2. The number of anilines is 2. The third kappa shape index (κ3) is 5.04. The van der Waals surface area contributed by atoms with Gasteiger partial charge < -0.3 is 10.6 Å². The lowest BCUT2D eigenvalue weighted by Crippen LogP contribution is -2.17. The molecule has 0 atom stereocenters. The minimum atomic E-state index is -2.92. The van der Waals surface area contributed by atoms with Crippen molar-refractivity contribution in [1.29, 1.82) is 0 Å². The molecule has 0 spiro atoms. The van der Waals surface area contributed by atoms with Crippen LogP contribution in [0.4, 0.5) is 11.6 Å². The number of rotatable bonds is 7. The summed E-state index contributed by atoms with van der Waals surface area (Å²) in [6.45, 7) is 4.84. The molecule has 0 aromatic carbocycles. The Morgan fingerprint density at radius 3 is 2.41 bits per heavy atom. The van der Waals surface area contributed by atoms with Crippen LogP contribution < -0.4 is 10.6 Å². The summed E-state index contributed by atoms with van der Waals surface area (Å²) in [6.07, 6.45) is 0. The number of sulfone groups is 1. The van der Waals surface area contributed by atoms with Crippen LogP contribution in [0.3, 0.4) is 0 Å². The fraction of sp³-hybridized carbons (Fsp3) is 0.545. The Kier molecular flexibility index (Phi) is 5.21. The van der Waals surface area contributed by atoms with Gasteiger partial charge in [-0.25, -0.2) is 13.4 Å². The molecular weight excluding hydrogens is 238 g/mol. The van der Waals surface area contributed by atoms with E-state index in [9.17, 15) is 8.42 Å².